The third-order valence-electron chi connectivity index (χ3n) is 5.36. The van der Waals surface area contributed by atoms with Gasteiger partial charge < -0.3 is 5.11 Å². The fraction of sp³-hybridized carbons (Fsp3) is 0.833. The van der Waals surface area contributed by atoms with Gasteiger partial charge in [-0.2, -0.15) is 5.10 Å². The molecule has 0 aromatic carbocycles. The summed E-state index contributed by atoms with van der Waals surface area (Å²) in [5.41, 5.74) is 0.850. The Balaban J connectivity index is 1.95. The van der Waals surface area contributed by atoms with E-state index in [1.54, 1.807) is 0 Å². The zero-order chi connectivity index (χ0) is 15.7. The second-order valence-corrected chi connectivity index (χ2v) is 8.09. The molecule has 1 heterocycles. The zero-order valence-electron chi connectivity index (χ0n) is 14.4. The molecule has 1 atom stereocenters. The SMILES string of the molecule is CCC(C)n1ccc(CC2(O)CCC(C(C)(C)C)CC2)n1. The van der Waals surface area contributed by atoms with Gasteiger partial charge in [-0.15, -0.1) is 0 Å². The van der Waals surface area contributed by atoms with Gasteiger partial charge in [-0.3, -0.25) is 4.68 Å². The van der Waals surface area contributed by atoms with Gasteiger partial charge in [-0.25, -0.2) is 0 Å². The number of rotatable bonds is 4. The predicted octanol–water partition coefficient (Wildman–Crippen LogP) is 4.36. The molecule has 0 saturated heterocycles. The molecule has 0 bridgehead atoms. The summed E-state index contributed by atoms with van der Waals surface area (Å²) in [6.45, 7) is 11.3. The van der Waals surface area contributed by atoms with E-state index in [0.717, 1.165) is 43.7 Å². The van der Waals surface area contributed by atoms with Gasteiger partial charge in [0.25, 0.3) is 0 Å². The van der Waals surface area contributed by atoms with Gasteiger partial charge in [0.2, 0.25) is 0 Å². The standard InChI is InChI=1S/C18H32N2O/c1-6-14(2)20-12-9-16(19-20)13-18(21)10-7-15(8-11-18)17(3,4)5/h9,12,14-15,21H,6-8,10-11,13H2,1-5H3. The van der Waals surface area contributed by atoms with Crippen LogP contribution < -0.4 is 0 Å². The van der Waals surface area contributed by atoms with Crippen LogP contribution in [0.15, 0.2) is 12.3 Å². The first kappa shape index (κ1) is 16.5. The molecule has 1 aromatic rings. The highest BCUT2D eigenvalue weighted by atomic mass is 16.3. The molecule has 0 spiro atoms. The van der Waals surface area contributed by atoms with Gasteiger partial charge >= 0.3 is 0 Å². The van der Waals surface area contributed by atoms with E-state index in [2.05, 4.69) is 45.8 Å². The summed E-state index contributed by atoms with van der Waals surface area (Å²) in [7, 11) is 0. The fourth-order valence-corrected chi connectivity index (χ4v) is 3.44. The molecule has 1 aromatic heterocycles. The van der Waals surface area contributed by atoms with E-state index in [-0.39, 0.29) is 0 Å². The molecule has 3 heteroatoms. The highest BCUT2D eigenvalue weighted by molar-refractivity contribution is 5.06. The summed E-state index contributed by atoms with van der Waals surface area (Å²) in [6.07, 6.45) is 7.91. The normalized spacial score (nSPS) is 28.6. The summed E-state index contributed by atoms with van der Waals surface area (Å²) in [6, 6.07) is 2.50. The number of nitrogens with zero attached hydrogens (tertiary/aromatic N) is 2. The number of aromatic nitrogens is 2. The van der Waals surface area contributed by atoms with Crippen molar-refractivity contribution in [1.29, 1.82) is 0 Å². The van der Waals surface area contributed by atoms with Crippen LogP contribution in [0.2, 0.25) is 0 Å². The molecule has 1 aliphatic rings. The molecule has 2 rings (SSSR count). The minimum atomic E-state index is -0.545. The molecule has 1 saturated carbocycles. The molecule has 1 unspecified atom stereocenters. The first-order chi connectivity index (χ1) is 9.73. The minimum absolute atomic E-state index is 0.361. The van der Waals surface area contributed by atoms with Crippen molar-refractivity contribution in [2.75, 3.05) is 0 Å². The molecular formula is C18H32N2O. The lowest BCUT2D eigenvalue weighted by atomic mass is 9.67. The average Bonchev–Trinajstić information content (AvgIpc) is 2.85. The molecule has 21 heavy (non-hydrogen) atoms. The van der Waals surface area contributed by atoms with Crippen LogP contribution in [0.4, 0.5) is 0 Å². The van der Waals surface area contributed by atoms with Gasteiger partial charge in [0.15, 0.2) is 0 Å². The maximum absolute atomic E-state index is 10.9. The lowest BCUT2D eigenvalue weighted by molar-refractivity contribution is -0.0252. The van der Waals surface area contributed by atoms with E-state index < -0.39 is 5.60 Å². The first-order valence-electron chi connectivity index (χ1n) is 8.50. The van der Waals surface area contributed by atoms with E-state index in [9.17, 15) is 5.11 Å². The lowest BCUT2D eigenvalue weighted by Crippen LogP contribution is -2.39. The van der Waals surface area contributed by atoms with Crippen molar-refractivity contribution in [3.63, 3.8) is 0 Å². The second-order valence-electron chi connectivity index (χ2n) is 8.09. The topological polar surface area (TPSA) is 38.0 Å². The lowest BCUT2D eigenvalue weighted by Gasteiger charge is -2.41. The quantitative estimate of drug-likeness (QED) is 0.895. The van der Waals surface area contributed by atoms with Gasteiger partial charge in [0.1, 0.15) is 0 Å². The Morgan fingerprint density at radius 3 is 2.52 bits per heavy atom. The second kappa shape index (κ2) is 6.12. The van der Waals surface area contributed by atoms with Crippen molar-refractivity contribution in [1.82, 2.24) is 9.78 Å². The van der Waals surface area contributed by atoms with E-state index in [1.807, 2.05) is 10.9 Å². The number of hydrogen-bond donors (Lipinski definition) is 1. The van der Waals surface area contributed by atoms with Crippen LogP contribution >= 0.6 is 0 Å². The van der Waals surface area contributed by atoms with Crippen LogP contribution in [0.1, 0.15) is 78.5 Å². The van der Waals surface area contributed by atoms with Crippen LogP contribution in [0, 0.1) is 11.3 Å². The minimum Gasteiger partial charge on any atom is -0.389 e. The average molecular weight is 292 g/mol. The van der Waals surface area contributed by atoms with Crippen LogP contribution in [-0.4, -0.2) is 20.5 Å². The molecule has 120 valence electrons. The van der Waals surface area contributed by atoms with Crippen molar-refractivity contribution in [3.05, 3.63) is 18.0 Å². The monoisotopic (exact) mass is 292 g/mol. The van der Waals surface area contributed by atoms with Gasteiger partial charge in [-0.05, 0) is 56.4 Å². The summed E-state index contributed by atoms with van der Waals surface area (Å²) < 4.78 is 2.03. The van der Waals surface area contributed by atoms with Crippen molar-refractivity contribution in [3.8, 4) is 0 Å². The van der Waals surface area contributed by atoms with Crippen LogP contribution in [0.25, 0.3) is 0 Å². The van der Waals surface area contributed by atoms with E-state index in [0.29, 0.717) is 17.9 Å². The molecule has 0 amide bonds. The highest BCUT2D eigenvalue weighted by Crippen LogP contribution is 2.42. The third-order valence-corrected chi connectivity index (χ3v) is 5.36. The van der Waals surface area contributed by atoms with Crippen LogP contribution in [0.5, 0.6) is 0 Å². The van der Waals surface area contributed by atoms with Crippen molar-refractivity contribution in [2.45, 2.75) is 84.8 Å². The largest absolute Gasteiger partial charge is 0.389 e. The predicted molar refractivity (Wildman–Crippen MR) is 87.3 cm³/mol. The molecule has 0 radical (unpaired) electrons. The van der Waals surface area contributed by atoms with E-state index in [1.165, 1.54) is 0 Å². The Morgan fingerprint density at radius 1 is 1.38 bits per heavy atom. The third kappa shape index (κ3) is 4.09. The summed E-state index contributed by atoms with van der Waals surface area (Å²) >= 11 is 0. The Morgan fingerprint density at radius 2 is 2.00 bits per heavy atom. The van der Waals surface area contributed by atoms with Gasteiger partial charge in [0.05, 0.1) is 11.3 Å². The van der Waals surface area contributed by atoms with E-state index in [4.69, 9.17) is 0 Å². The van der Waals surface area contributed by atoms with E-state index >= 15 is 0 Å². The zero-order valence-corrected chi connectivity index (χ0v) is 14.4. The number of aliphatic hydroxyl groups is 1. The summed E-state index contributed by atoms with van der Waals surface area (Å²) in [4.78, 5) is 0. The van der Waals surface area contributed by atoms with Crippen LogP contribution in [-0.2, 0) is 6.42 Å². The first-order valence-corrected chi connectivity index (χ1v) is 8.50. The Hall–Kier alpha value is -0.830. The van der Waals surface area contributed by atoms with Crippen molar-refractivity contribution >= 4 is 0 Å². The van der Waals surface area contributed by atoms with Crippen molar-refractivity contribution < 1.29 is 5.11 Å². The number of hydrogen-bond acceptors (Lipinski definition) is 2. The molecule has 0 aliphatic heterocycles. The van der Waals surface area contributed by atoms with Gasteiger partial charge in [0, 0.05) is 18.7 Å². The summed E-state index contributed by atoms with van der Waals surface area (Å²) in [5, 5.41) is 15.5. The van der Waals surface area contributed by atoms with Crippen molar-refractivity contribution in [2.24, 2.45) is 11.3 Å². The maximum atomic E-state index is 10.9. The molecule has 3 nitrogen and oxygen atoms in total. The Kier molecular flexibility index (Phi) is 4.82. The maximum Gasteiger partial charge on any atom is 0.0703 e. The Labute approximate surface area is 129 Å². The Bertz CT molecular complexity index is 450. The van der Waals surface area contributed by atoms with Gasteiger partial charge in [-0.1, -0.05) is 27.7 Å². The molecule has 1 aliphatic carbocycles. The highest BCUT2D eigenvalue weighted by Gasteiger charge is 2.37. The summed E-state index contributed by atoms with van der Waals surface area (Å²) in [5.74, 6) is 0.732. The smallest absolute Gasteiger partial charge is 0.0703 e. The van der Waals surface area contributed by atoms with Crippen LogP contribution in [0.3, 0.4) is 0 Å². The molecular weight excluding hydrogens is 260 g/mol. The molecule has 1 fully saturated rings. The molecule has 1 N–H and O–H groups in total. The fourth-order valence-electron chi connectivity index (χ4n) is 3.44.